The number of hydrogen-bond acceptors (Lipinski definition) is 6. The third-order valence-electron chi connectivity index (χ3n) is 3.44. The van der Waals surface area contributed by atoms with Gasteiger partial charge in [-0.25, -0.2) is 9.97 Å². The summed E-state index contributed by atoms with van der Waals surface area (Å²) < 4.78 is 5.39. The van der Waals surface area contributed by atoms with E-state index < -0.39 is 0 Å². The number of thioether (sulfide) groups is 1. The second-order valence-corrected chi connectivity index (χ2v) is 6.34. The van der Waals surface area contributed by atoms with Gasteiger partial charge >= 0.3 is 0 Å². The molecule has 1 aromatic carbocycles. The van der Waals surface area contributed by atoms with Gasteiger partial charge in [0.15, 0.2) is 5.16 Å². The summed E-state index contributed by atoms with van der Waals surface area (Å²) in [6.07, 6.45) is 1.60. The standard InChI is InChI=1S/C18H18N4O2S/c1-13-10-16(19)21-18(20-13)25-12-17(23)22(11-15-8-5-9-24-15)14-6-3-2-4-7-14/h2-10H,11-12H2,1H3,(H2,19,20,21). The lowest BCUT2D eigenvalue weighted by Gasteiger charge is -2.21. The lowest BCUT2D eigenvalue weighted by atomic mass is 10.2. The maximum absolute atomic E-state index is 12.8. The molecular formula is C18H18N4O2S. The molecule has 0 spiro atoms. The molecule has 0 aliphatic heterocycles. The van der Waals surface area contributed by atoms with E-state index in [1.54, 1.807) is 23.3 Å². The van der Waals surface area contributed by atoms with Crippen molar-refractivity contribution in [2.45, 2.75) is 18.6 Å². The Balaban J connectivity index is 1.74. The molecule has 0 unspecified atom stereocenters. The number of rotatable bonds is 6. The number of nitrogens with zero attached hydrogens (tertiary/aromatic N) is 3. The number of anilines is 2. The summed E-state index contributed by atoms with van der Waals surface area (Å²) in [6, 6.07) is 14.8. The first kappa shape index (κ1) is 17.0. The molecule has 0 saturated carbocycles. The smallest absolute Gasteiger partial charge is 0.237 e. The highest BCUT2D eigenvalue weighted by molar-refractivity contribution is 7.99. The molecule has 2 aromatic heterocycles. The molecule has 0 bridgehead atoms. The van der Waals surface area contributed by atoms with Crippen LogP contribution in [0, 0.1) is 6.92 Å². The van der Waals surface area contributed by atoms with Crippen molar-refractivity contribution < 1.29 is 9.21 Å². The van der Waals surface area contributed by atoms with Gasteiger partial charge in [-0.1, -0.05) is 30.0 Å². The SMILES string of the molecule is Cc1cc(N)nc(SCC(=O)N(Cc2ccco2)c2ccccc2)n1. The van der Waals surface area contributed by atoms with Gasteiger partial charge in [0.25, 0.3) is 0 Å². The fourth-order valence-electron chi connectivity index (χ4n) is 2.32. The third-order valence-corrected chi connectivity index (χ3v) is 4.27. The first-order valence-electron chi connectivity index (χ1n) is 7.73. The molecule has 2 N–H and O–H groups in total. The highest BCUT2D eigenvalue weighted by Gasteiger charge is 2.18. The predicted octanol–water partition coefficient (Wildman–Crippen LogP) is 3.29. The van der Waals surface area contributed by atoms with Gasteiger partial charge in [-0.3, -0.25) is 4.79 Å². The Morgan fingerprint density at radius 2 is 2.00 bits per heavy atom. The zero-order valence-corrected chi connectivity index (χ0v) is 14.6. The molecule has 0 radical (unpaired) electrons. The lowest BCUT2D eigenvalue weighted by molar-refractivity contribution is -0.116. The van der Waals surface area contributed by atoms with Gasteiger partial charge < -0.3 is 15.1 Å². The molecule has 0 saturated heterocycles. The van der Waals surface area contributed by atoms with Crippen molar-refractivity contribution in [1.82, 2.24) is 9.97 Å². The van der Waals surface area contributed by atoms with Crippen molar-refractivity contribution in [2.24, 2.45) is 0 Å². The molecule has 3 rings (SSSR count). The quantitative estimate of drug-likeness (QED) is 0.540. The number of nitrogen functional groups attached to an aromatic ring is 1. The molecule has 0 aliphatic carbocycles. The second-order valence-electron chi connectivity index (χ2n) is 5.40. The fourth-order valence-corrected chi connectivity index (χ4v) is 3.11. The Morgan fingerprint density at radius 1 is 1.20 bits per heavy atom. The highest BCUT2D eigenvalue weighted by atomic mass is 32.2. The Morgan fingerprint density at radius 3 is 2.68 bits per heavy atom. The summed E-state index contributed by atoms with van der Waals surface area (Å²) in [5.41, 5.74) is 7.32. The van der Waals surface area contributed by atoms with Gasteiger partial charge in [-0.15, -0.1) is 0 Å². The number of carbonyl (C=O) groups excluding carboxylic acids is 1. The Hall–Kier alpha value is -2.80. The minimum absolute atomic E-state index is 0.0590. The van der Waals surface area contributed by atoms with Crippen molar-refractivity contribution in [2.75, 3.05) is 16.4 Å². The van der Waals surface area contributed by atoms with Gasteiger partial charge in [-0.05, 0) is 31.2 Å². The zero-order chi connectivity index (χ0) is 17.6. The summed E-state index contributed by atoms with van der Waals surface area (Å²) in [6.45, 7) is 2.21. The maximum atomic E-state index is 12.8. The van der Waals surface area contributed by atoms with Crippen molar-refractivity contribution in [3.8, 4) is 0 Å². The number of carbonyl (C=O) groups is 1. The fraction of sp³-hybridized carbons (Fsp3) is 0.167. The van der Waals surface area contributed by atoms with E-state index in [-0.39, 0.29) is 11.7 Å². The van der Waals surface area contributed by atoms with Crippen LogP contribution in [0.15, 0.2) is 64.4 Å². The molecule has 128 valence electrons. The molecule has 6 nitrogen and oxygen atoms in total. The third kappa shape index (κ3) is 4.60. The molecule has 2 heterocycles. The van der Waals surface area contributed by atoms with Gasteiger partial charge in [-0.2, -0.15) is 0 Å². The van der Waals surface area contributed by atoms with Crippen LogP contribution in [0.3, 0.4) is 0 Å². The van der Waals surface area contributed by atoms with Crippen LogP contribution in [0.4, 0.5) is 11.5 Å². The molecule has 3 aromatic rings. The number of furan rings is 1. The van der Waals surface area contributed by atoms with Gasteiger partial charge in [0.05, 0.1) is 18.6 Å². The summed E-state index contributed by atoms with van der Waals surface area (Å²) in [4.78, 5) is 22.9. The molecule has 7 heteroatoms. The highest BCUT2D eigenvalue weighted by Crippen LogP contribution is 2.21. The molecule has 25 heavy (non-hydrogen) atoms. The van der Waals surface area contributed by atoms with Crippen molar-refractivity contribution in [3.05, 3.63) is 66.2 Å². The van der Waals surface area contributed by atoms with Crippen molar-refractivity contribution >= 4 is 29.2 Å². The van der Waals surface area contributed by atoms with Crippen LogP contribution in [-0.2, 0) is 11.3 Å². The molecule has 0 fully saturated rings. The molecular weight excluding hydrogens is 336 g/mol. The largest absolute Gasteiger partial charge is 0.467 e. The Kier molecular flexibility index (Phi) is 5.35. The number of hydrogen-bond donors (Lipinski definition) is 1. The summed E-state index contributed by atoms with van der Waals surface area (Å²) in [5, 5.41) is 0.497. The van der Waals surface area contributed by atoms with E-state index in [0.717, 1.165) is 17.1 Å². The normalized spacial score (nSPS) is 10.6. The monoisotopic (exact) mass is 354 g/mol. The van der Waals surface area contributed by atoms with Crippen LogP contribution >= 0.6 is 11.8 Å². The summed E-state index contributed by atoms with van der Waals surface area (Å²) >= 11 is 1.27. The Bertz CT molecular complexity index is 817. The van der Waals surface area contributed by atoms with Crippen LogP contribution in [0.2, 0.25) is 0 Å². The summed E-state index contributed by atoms with van der Waals surface area (Å²) in [7, 11) is 0. The minimum Gasteiger partial charge on any atom is -0.467 e. The summed E-state index contributed by atoms with van der Waals surface area (Å²) in [5.74, 6) is 1.27. The number of nitrogens with two attached hydrogens (primary N) is 1. The minimum atomic E-state index is -0.0590. The van der Waals surface area contributed by atoms with E-state index in [2.05, 4.69) is 9.97 Å². The van der Waals surface area contributed by atoms with Crippen LogP contribution in [0.1, 0.15) is 11.5 Å². The van der Waals surface area contributed by atoms with Crippen LogP contribution in [0.5, 0.6) is 0 Å². The van der Waals surface area contributed by atoms with Gasteiger partial charge in [0.1, 0.15) is 11.6 Å². The van der Waals surface area contributed by atoms with Crippen LogP contribution in [0.25, 0.3) is 0 Å². The number of aryl methyl sites for hydroxylation is 1. The predicted molar refractivity (Wildman–Crippen MR) is 98.2 cm³/mol. The molecule has 1 amide bonds. The first-order valence-corrected chi connectivity index (χ1v) is 8.72. The molecule has 0 aliphatic rings. The van der Waals surface area contributed by atoms with Gasteiger partial charge in [0.2, 0.25) is 5.91 Å². The number of benzene rings is 1. The topological polar surface area (TPSA) is 85.2 Å². The zero-order valence-electron chi connectivity index (χ0n) is 13.8. The number of para-hydroxylation sites is 1. The molecule has 0 atom stereocenters. The van der Waals surface area contributed by atoms with Crippen LogP contribution in [-0.4, -0.2) is 21.6 Å². The second kappa shape index (κ2) is 7.85. The average molecular weight is 354 g/mol. The number of amides is 1. The maximum Gasteiger partial charge on any atom is 0.237 e. The van der Waals surface area contributed by atoms with Crippen molar-refractivity contribution in [1.29, 1.82) is 0 Å². The van der Waals surface area contributed by atoms with Crippen molar-refractivity contribution in [3.63, 3.8) is 0 Å². The van der Waals surface area contributed by atoms with Gasteiger partial charge in [0, 0.05) is 17.4 Å². The van der Waals surface area contributed by atoms with E-state index in [1.165, 1.54) is 11.8 Å². The van der Waals surface area contributed by atoms with E-state index in [9.17, 15) is 4.79 Å². The first-order chi connectivity index (χ1) is 12.1. The lowest BCUT2D eigenvalue weighted by Crippen LogP contribution is -2.31. The van der Waals surface area contributed by atoms with Crippen LogP contribution < -0.4 is 10.6 Å². The number of aromatic nitrogens is 2. The van der Waals surface area contributed by atoms with E-state index >= 15 is 0 Å². The average Bonchev–Trinajstić information content (AvgIpc) is 3.11. The van der Waals surface area contributed by atoms with E-state index in [4.69, 9.17) is 10.2 Å². The van der Waals surface area contributed by atoms with E-state index in [0.29, 0.717) is 17.5 Å². The Labute approximate surface area is 150 Å². The van der Waals surface area contributed by atoms with E-state index in [1.807, 2.05) is 43.3 Å².